The summed E-state index contributed by atoms with van der Waals surface area (Å²) >= 11 is 0. The van der Waals surface area contributed by atoms with Crippen LogP contribution in [-0.4, -0.2) is 33.8 Å². The number of carbonyl (C=O) groups is 2. The van der Waals surface area contributed by atoms with Crippen LogP contribution in [0.15, 0.2) is 24.3 Å². The summed E-state index contributed by atoms with van der Waals surface area (Å²) in [5, 5.41) is 5.23. The SMILES string of the molecule is CCCC(=O)NCC(=O)NCc1ccc(CS(=O)(=O)NC)cc1. The maximum absolute atomic E-state index is 11.6. The third kappa shape index (κ3) is 7.75. The Bertz CT molecular complexity index is 627. The van der Waals surface area contributed by atoms with Crippen LogP contribution < -0.4 is 15.4 Å². The first-order chi connectivity index (χ1) is 10.9. The van der Waals surface area contributed by atoms with Gasteiger partial charge in [0.15, 0.2) is 0 Å². The number of benzene rings is 1. The number of sulfonamides is 1. The fourth-order valence-corrected chi connectivity index (χ4v) is 2.58. The highest BCUT2D eigenvalue weighted by molar-refractivity contribution is 7.88. The van der Waals surface area contributed by atoms with Gasteiger partial charge in [-0.1, -0.05) is 31.2 Å². The minimum Gasteiger partial charge on any atom is -0.350 e. The highest BCUT2D eigenvalue weighted by Crippen LogP contribution is 2.07. The van der Waals surface area contributed by atoms with Crippen LogP contribution in [0.5, 0.6) is 0 Å². The average molecular weight is 341 g/mol. The highest BCUT2D eigenvalue weighted by atomic mass is 32.2. The lowest BCUT2D eigenvalue weighted by molar-refractivity contribution is -0.126. The number of hydrogen-bond donors (Lipinski definition) is 3. The van der Waals surface area contributed by atoms with E-state index in [4.69, 9.17) is 0 Å². The van der Waals surface area contributed by atoms with E-state index in [1.165, 1.54) is 7.05 Å². The second-order valence-corrected chi connectivity index (χ2v) is 7.01. The molecule has 0 spiro atoms. The molecule has 1 aromatic rings. The van der Waals surface area contributed by atoms with Gasteiger partial charge in [0, 0.05) is 13.0 Å². The van der Waals surface area contributed by atoms with Gasteiger partial charge in [0.2, 0.25) is 21.8 Å². The molecular weight excluding hydrogens is 318 g/mol. The van der Waals surface area contributed by atoms with Crippen LogP contribution in [-0.2, 0) is 31.9 Å². The van der Waals surface area contributed by atoms with Crippen molar-refractivity contribution >= 4 is 21.8 Å². The van der Waals surface area contributed by atoms with Crippen LogP contribution in [0, 0.1) is 0 Å². The lowest BCUT2D eigenvalue weighted by Gasteiger charge is -2.08. The molecule has 0 saturated carbocycles. The Morgan fingerprint density at radius 3 is 2.17 bits per heavy atom. The summed E-state index contributed by atoms with van der Waals surface area (Å²) in [5.74, 6) is -0.492. The molecule has 7 nitrogen and oxygen atoms in total. The van der Waals surface area contributed by atoms with Gasteiger partial charge >= 0.3 is 0 Å². The largest absolute Gasteiger partial charge is 0.350 e. The van der Waals surface area contributed by atoms with Gasteiger partial charge in [0.25, 0.3) is 0 Å². The van der Waals surface area contributed by atoms with Crippen molar-refractivity contribution in [3.63, 3.8) is 0 Å². The summed E-state index contributed by atoms with van der Waals surface area (Å²) in [4.78, 5) is 22.9. The fourth-order valence-electron chi connectivity index (χ4n) is 1.80. The third-order valence-electron chi connectivity index (χ3n) is 3.10. The predicted molar refractivity (Wildman–Crippen MR) is 87.9 cm³/mol. The zero-order chi connectivity index (χ0) is 17.3. The minimum atomic E-state index is -3.29. The number of rotatable bonds is 9. The van der Waals surface area contributed by atoms with Crippen molar-refractivity contribution in [2.75, 3.05) is 13.6 Å². The molecule has 0 aliphatic carbocycles. The molecule has 0 bridgehead atoms. The summed E-state index contributed by atoms with van der Waals surface area (Å²) < 4.78 is 25.1. The van der Waals surface area contributed by atoms with Crippen LogP contribution in [0.3, 0.4) is 0 Å². The third-order valence-corrected chi connectivity index (χ3v) is 4.44. The van der Waals surface area contributed by atoms with Crippen LogP contribution >= 0.6 is 0 Å². The van der Waals surface area contributed by atoms with Crippen molar-refractivity contribution in [3.8, 4) is 0 Å². The molecule has 128 valence electrons. The molecule has 2 amide bonds. The van der Waals surface area contributed by atoms with Gasteiger partial charge in [-0.05, 0) is 24.6 Å². The van der Waals surface area contributed by atoms with E-state index in [2.05, 4.69) is 15.4 Å². The molecule has 0 fully saturated rings. The highest BCUT2D eigenvalue weighted by Gasteiger charge is 2.08. The fraction of sp³-hybridized carbons (Fsp3) is 0.467. The smallest absolute Gasteiger partial charge is 0.239 e. The zero-order valence-corrected chi connectivity index (χ0v) is 14.2. The van der Waals surface area contributed by atoms with Crippen LogP contribution in [0.4, 0.5) is 0 Å². The Hall–Kier alpha value is -1.93. The summed E-state index contributed by atoms with van der Waals surface area (Å²) in [6.07, 6.45) is 1.15. The lowest BCUT2D eigenvalue weighted by atomic mass is 10.1. The first-order valence-corrected chi connectivity index (χ1v) is 9.04. The van der Waals surface area contributed by atoms with Crippen molar-refractivity contribution in [2.24, 2.45) is 0 Å². The van der Waals surface area contributed by atoms with Crippen LogP contribution in [0.2, 0.25) is 0 Å². The maximum Gasteiger partial charge on any atom is 0.239 e. The number of amides is 2. The first-order valence-electron chi connectivity index (χ1n) is 7.38. The molecule has 23 heavy (non-hydrogen) atoms. The van der Waals surface area contributed by atoms with Crippen LogP contribution in [0.25, 0.3) is 0 Å². The maximum atomic E-state index is 11.6. The van der Waals surface area contributed by atoms with E-state index < -0.39 is 10.0 Å². The van der Waals surface area contributed by atoms with Crippen molar-refractivity contribution in [1.29, 1.82) is 0 Å². The number of nitrogens with one attached hydrogen (secondary N) is 3. The van der Waals surface area contributed by atoms with Crippen molar-refractivity contribution < 1.29 is 18.0 Å². The van der Waals surface area contributed by atoms with Gasteiger partial charge in [-0.15, -0.1) is 0 Å². The van der Waals surface area contributed by atoms with E-state index in [0.717, 1.165) is 12.0 Å². The zero-order valence-electron chi connectivity index (χ0n) is 13.4. The van der Waals surface area contributed by atoms with Crippen molar-refractivity contribution in [3.05, 3.63) is 35.4 Å². The molecular formula is C15H23N3O4S. The molecule has 0 radical (unpaired) electrons. The molecule has 0 unspecified atom stereocenters. The molecule has 8 heteroatoms. The second kappa shape index (κ2) is 9.26. The second-order valence-electron chi connectivity index (χ2n) is 5.08. The van der Waals surface area contributed by atoms with E-state index in [1.807, 2.05) is 6.92 Å². The van der Waals surface area contributed by atoms with E-state index >= 15 is 0 Å². The monoisotopic (exact) mass is 341 g/mol. The molecule has 1 aromatic carbocycles. The lowest BCUT2D eigenvalue weighted by Crippen LogP contribution is -2.36. The Morgan fingerprint density at radius 1 is 1.00 bits per heavy atom. The van der Waals surface area contributed by atoms with Gasteiger partial charge in [-0.25, -0.2) is 13.1 Å². The van der Waals surface area contributed by atoms with Gasteiger partial charge in [-0.2, -0.15) is 0 Å². The Kier molecular flexibility index (Phi) is 7.70. The number of hydrogen-bond acceptors (Lipinski definition) is 4. The van der Waals surface area contributed by atoms with Gasteiger partial charge in [0.05, 0.1) is 12.3 Å². The minimum absolute atomic E-state index is 0.0443. The van der Waals surface area contributed by atoms with Gasteiger partial charge in [-0.3, -0.25) is 9.59 Å². The Labute approximate surface area is 136 Å². The summed E-state index contributed by atoms with van der Waals surface area (Å²) in [6.45, 7) is 2.17. The molecule has 3 N–H and O–H groups in total. The van der Waals surface area contributed by atoms with E-state index in [-0.39, 0.29) is 24.1 Å². The van der Waals surface area contributed by atoms with E-state index in [0.29, 0.717) is 18.5 Å². The predicted octanol–water partition coefficient (Wildman–Crippen LogP) is 0.268. The van der Waals surface area contributed by atoms with Crippen molar-refractivity contribution in [1.82, 2.24) is 15.4 Å². The Morgan fingerprint density at radius 2 is 1.61 bits per heavy atom. The number of carbonyl (C=O) groups excluding carboxylic acids is 2. The standard InChI is InChI=1S/C15H23N3O4S/c1-3-4-14(19)18-10-15(20)17-9-12-5-7-13(8-6-12)11-23(21,22)16-2/h5-8,16H,3-4,9-11H2,1-2H3,(H,17,20)(H,18,19). The molecule has 0 aromatic heterocycles. The van der Waals surface area contributed by atoms with E-state index in [1.54, 1.807) is 24.3 Å². The molecule has 0 heterocycles. The average Bonchev–Trinajstić information content (AvgIpc) is 2.52. The molecule has 1 rings (SSSR count). The van der Waals surface area contributed by atoms with Gasteiger partial charge < -0.3 is 10.6 Å². The Balaban J connectivity index is 2.41. The topological polar surface area (TPSA) is 104 Å². The molecule has 0 saturated heterocycles. The molecule has 0 atom stereocenters. The normalized spacial score (nSPS) is 11.0. The van der Waals surface area contributed by atoms with E-state index in [9.17, 15) is 18.0 Å². The molecule has 0 aliphatic heterocycles. The van der Waals surface area contributed by atoms with Gasteiger partial charge in [0.1, 0.15) is 0 Å². The summed E-state index contributed by atoms with van der Waals surface area (Å²) in [7, 11) is -1.92. The van der Waals surface area contributed by atoms with Crippen molar-refractivity contribution in [2.45, 2.75) is 32.1 Å². The first kappa shape index (κ1) is 19.1. The van der Waals surface area contributed by atoms with Crippen LogP contribution in [0.1, 0.15) is 30.9 Å². The quantitative estimate of drug-likeness (QED) is 0.599. The molecule has 0 aliphatic rings. The summed E-state index contributed by atoms with van der Waals surface area (Å²) in [6, 6.07) is 6.94. The summed E-state index contributed by atoms with van der Waals surface area (Å²) in [5.41, 5.74) is 1.52.